The molecule has 0 spiro atoms. The summed E-state index contributed by atoms with van der Waals surface area (Å²) in [5, 5.41) is 18.5. The summed E-state index contributed by atoms with van der Waals surface area (Å²) in [5.41, 5.74) is 0.794. The predicted molar refractivity (Wildman–Crippen MR) is 132 cm³/mol. The summed E-state index contributed by atoms with van der Waals surface area (Å²) in [6.07, 6.45) is -0.166. The van der Waals surface area contributed by atoms with Crippen molar-refractivity contribution in [2.45, 2.75) is 60.0 Å². The van der Waals surface area contributed by atoms with Gasteiger partial charge in [0.05, 0.1) is 19.0 Å². The van der Waals surface area contributed by atoms with E-state index in [9.17, 15) is 19.2 Å². The molecule has 4 N–H and O–H groups in total. The zero-order valence-electron chi connectivity index (χ0n) is 20.3. The van der Waals surface area contributed by atoms with Gasteiger partial charge < -0.3 is 25.9 Å². The molecule has 2 aromatic rings. The third-order valence-corrected chi connectivity index (χ3v) is 3.88. The molecular weight excluding hydrogens is 422 g/mol. The molecule has 0 aromatic heterocycles. The van der Waals surface area contributed by atoms with Crippen LogP contribution in [-0.4, -0.2) is 47.8 Å². The Kier molecular flexibility index (Phi) is 14.6. The molecule has 2 aromatic carbocycles. The van der Waals surface area contributed by atoms with E-state index in [0.29, 0.717) is 6.29 Å². The Morgan fingerprint density at radius 2 is 1.55 bits per heavy atom. The number of hydrogen-bond acceptors (Lipinski definition) is 5. The van der Waals surface area contributed by atoms with Gasteiger partial charge in [0, 0.05) is 11.1 Å². The van der Waals surface area contributed by atoms with Gasteiger partial charge >= 0.3 is 5.97 Å². The molecule has 1 unspecified atom stereocenters. The number of benzene rings is 2. The molecule has 2 rings (SSSR count). The van der Waals surface area contributed by atoms with Crippen molar-refractivity contribution < 1.29 is 24.3 Å². The molecule has 2 amide bonds. The Hall–Kier alpha value is -3.42. The molecular formula is C25H37N3O5. The van der Waals surface area contributed by atoms with Crippen molar-refractivity contribution in [2.75, 3.05) is 11.9 Å². The standard InChI is InChI=1S/C19H21N3O5.C4H10.C2H6/c1-12(21-16-8-4-6-13-5-2-3-7-15(13)16)19(27)20-10-17(24)22-14(11-23)9-18(25)26;1-4(2)3;1-2/h2-8,11-12,14,21H,9-10H2,1H3,(H,20,27)(H,22,24)(H,25,26);4H,1-3H3;1-2H3/t12?,14-;;/m0../s1. The normalized spacial score (nSPS) is 11.6. The largest absolute Gasteiger partial charge is 0.481 e. The Bertz CT molecular complexity index is 890. The lowest BCUT2D eigenvalue weighted by Crippen LogP contribution is -2.46. The molecule has 0 saturated heterocycles. The maximum Gasteiger partial charge on any atom is 0.305 e. The van der Waals surface area contributed by atoms with E-state index < -0.39 is 36.3 Å². The number of carbonyl (C=O) groups excluding carboxylic acids is 3. The van der Waals surface area contributed by atoms with Gasteiger partial charge in [-0.2, -0.15) is 0 Å². The van der Waals surface area contributed by atoms with Crippen LogP contribution in [0.4, 0.5) is 5.69 Å². The van der Waals surface area contributed by atoms with Crippen molar-refractivity contribution in [3.8, 4) is 0 Å². The predicted octanol–water partition coefficient (Wildman–Crippen LogP) is 3.60. The zero-order chi connectivity index (χ0) is 25.4. The minimum Gasteiger partial charge on any atom is -0.481 e. The molecule has 0 bridgehead atoms. The second-order valence-electron chi connectivity index (χ2n) is 7.75. The van der Waals surface area contributed by atoms with Crippen LogP contribution >= 0.6 is 0 Å². The summed E-state index contributed by atoms with van der Waals surface area (Å²) in [5.74, 6) is -1.41. The quantitative estimate of drug-likeness (QED) is 0.425. The topological polar surface area (TPSA) is 125 Å². The lowest BCUT2D eigenvalue weighted by Gasteiger charge is -2.17. The van der Waals surface area contributed by atoms with E-state index in [0.717, 1.165) is 22.4 Å². The molecule has 33 heavy (non-hydrogen) atoms. The highest BCUT2D eigenvalue weighted by molar-refractivity contribution is 5.96. The fourth-order valence-corrected chi connectivity index (χ4v) is 2.55. The maximum atomic E-state index is 12.2. The smallest absolute Gasteiger partial charge is 0.305 e. The SMILES string of the molecule is CC.CC(C)C.CC(Nc1cccc2ccccc12)C(=O)NCC(=O)N[C@H](C=O)CC(=O)O. The van der Waals surface area contributed by atoms with Crippen LogP contribution in [0.2, 0.25) is 0 Å². The van der Waals surface area contributed by atoms with Crippen LogP contribution in [0.15, 0.2) is 42.5 Å². The summed E-state index contributed by atoms with van der Waals surface area (Å²) in [6.45, 7) is 11.8. The highest BCUT2D eigenvalue weighted by Crippen LogP contribution is 2.23. The molecule has 8 nitrogen and oxygen atoms in total. The number of fused-ring (bicyclic) bond motifs is 1. The third-order valence-electron chi connectivity index (χ3n) is 3.88. The number of carbonyl (C=O) groups is 4. The first-order valence-corrected chi connectivity index (χ1v) is 11.1. The summed E-state index contributed by atoms with van der Waals surface area (Å²) in [4.78, 5) is 45.3. The Morgan fingerprint density at radius 3 is 2.12 bits per heavy atom. The number of nitrogens with one attached hydrogen (secondary N) is 3. The van der Waals surface area contributed by atoms with Crippen LogP contribution in [0.3, 0.4) is 0 Å². The fraction of sp³-hybridized carbons (Fsp3) is 0.440. The minimum atomic E-state index is -1.20. The van der Waals surface area contributed by atoms with Crippen molar-refractivity contribution in [1.82, 2.24) is 10.6 Å². The lowest BCUT2D eigenvalue weighted by molar-refractivity contribution is -0.139. The Labute approximate surface area is 196 Å². The average Bonchev–Trinajstić information content (AvgIpc) is 2.77. The van der Waals surface area contributed by atoms with Gasteiger partial charge in [-0.3, -0.25) is 14.4 Å². The van der Waals surface area contributed by atoms with Gasteiger partial charge in [0.1, 0.15) is 12.3 Å². The molecule has 0 saturated carbocycles. The summed E-state index contributed by atoms with van der Waals surface area (Å²) < 4.78 is 0. The molecule has 8 heteroatoms. The Morgan fingerprint density at radius 1 is 0.970 bits per heavy atom. The Balaban J connectivity index is 0.00000154. The molecule has 0 aliphatic rings. The first-order valence-electron chi connectivity index (χ1n) is 11.1. The highest BCUT2D eigenvalue weighted by Gasteiger charge is 2.17. The van der Waals surface area contributed by atoms with E-state index in [1.807, 2.05) is 56.3 Å². The van der Waals surface area contributed by atoms with E-state index in [1.54, 1.807) is 6.92 Å². The van der Waals surface area contributed by atoms with E-state index in [1.165, 1.54) is 0 Å². The first kappa shape index (κ1) is 29.6. The van der Waals surface area contributed by atoms with Gasteiger partial charge in [-0.1, -0.05) is 71.0 Å². The van der Waals surface area contributed by atoms with E-state index in [4.69, 9.17) is 5.11 Å². The van der Waals surface area contributed by atoms with Gasteiger partial charge in [-0.15, -0.1) is 0 Å². The molecule has 0 radical (unpaired) electrons. The molecule has 0 heterocycles. The second-order valence-corrected chi connectivity index (χ2v) is 7.75. The first-order chi connectivity index (χ1) is 15.6. The van der Waals surface area contributed by atoms with E-state index in [-0.39, 0.29) is 6.54 Å². The van der Waals surface area contributed by atoms with Gasteiger partial charge in [0.15, 0.2) is 0 Å². The van der Waals surface area contributed by atoms with Crippen molar-refractivity contribution in [3.05, 3.63) is 42.5 Å². The molecule has 0 fully saturated rings. The van der Waals surface area contributed by atoms with Crippen molar-refractivity contribution in [1.29, 1.82) is 0 Å². The third kappa shape index (κ3) is 12.3. The van der Waals surface area contributed by atoms with Crippen molar-refractivity contribution in [3.63, 3.8) is 0 Å². The van der Waals surface area contributed by atoms with E-state index in [2.05, 4.69) is 36.7 Å². The maximum absolute atomic E-state index is 12.2. The number of aldehydes is 1. The summed E-state index contributed by atoms with van der Waals surface area (Å²) >= 11 is 0. The minimum absolute atomic E-state index is 0.346. The van der Waals surface area contributed by atoms with Crippen molar-refractivity contribution >= 4 is 40.5 Å². The monoisotopic (exact) mass is 459 g/mol. The number of rotatable bonds is 9. The van der Waals surface area contributed by atoms with Crippen LogP contribution in [0.25, 0.3) is 10.8 Å². The molecule has 0 aliphatic heterocycles. The molecule has 0 aliphatic carbocycles. The molecule has 182 valence electrons. The number of aliphatic carboxylic acids is 1. The van der Waals surface area contributed by atoms with E-state index >= 15 is 0 Å². The van der Waals surface area contributed by atoms with Gasteiger partial charge in [-0.25, -0.2) is 0 Å². The number of carboxylic acids is 1. The second kappa shape index (κ2) is 16.2. The molecule has 2 atom stereocenters. The fourth-order valence-electron chi connectivity index (χ4n) is 2.55. The van der Waals surface area contributed by atoms with Gasteiger partial charge in [0.2, 0.25) is 11.8 Å². The van der Waals surface area contributed by atoms with Gasteiger partial charge in [-0.05, 0) is 24.3 Å². The van der Waals surface area contributed by atoms with Crippen LogP contribution < -0.4 is 16.0 Å². The summed E-state index contributed by atoms with van der Waals surface area (Å²) in [7, 11) is 0. The van der Waals surface area contributed by atoms with Crippen LogP contribution in [0.5, 0.6) is 0 Å². The summed E-state index contributed by atoms with van der Waals surface area (Å²) in [6, 6.07) is 11.7. The number of amides is 2. The van der Waals surface area contributed by atoms with Crippen molar-refractivity contribution in [2.24, 2.45) is 5.92 Å². The number of hydrogen-bond donors (Lipinski definition) is 4. The number of carboxylic acid groups (broad SMARTS) is 1. The highest BCUT2D eigenvalue weighted by atomic mass is 16.4. The van der Waals surface area contributed by atoms with Crippen LogP contribution in [0.1, 0.15) is 48.0 Å². The lowest BCUT2D eigenvalue weighted by atomic mass is 10.1. The zero-order valence-corrected chi connectivity index (χ0v) is 20.3. The van der Waals surface area contributed by atoms with Crippen LogP contribution in [0, 0.1) is 5.92 Å². The van der Waals surface area contributed by atoms with Gasteiger partial charge in [0.25, 0.3) is 0 Å². The average molecular weight is 460 g/mol. The van der Waals surface area contributed by atoms with Crippen LogP contribution in [-0.2, 0) is 19.2 Å². The number of anilines is 1.